The van der Waals surface area contributed by atoms with E-state index in [1.54, 1.807) is 0 Å². The van der Waals surface area contributed by atoms with E-state index in [1.165, 1.54) is 31.2 Å². The zero-order valence-electron chi connectivity index (χ0n) is 11.2. The summed E-state index contributed by atoms with van der Waals surface area (Å²) in [6.07, 6.45) is 8.20. The summed E-state index contributed by atoms with van der Waals surface area (Å²) in [6, 6.07) is 5.84. The molecule has 0 atom stereocenters. The summed E-state index contributed by atoms with van der Waals surface area (Å²) < 4.78 is 5.87. The number of carbonyl (C=O) groups excluding carboxylic acids is 1. The second-order valence-electron chi connectivity index (χ2n) is 5.10. The van der Waals surface area contributed by atoms with Crippen LogP contribution in [0.25, 0.3) is 0 Å². The summed E-state index contributed by atoms with van der Waals surface area (Å²) in [7, 11) is 0. The minimum absolute atomic E-state index is 0.585. The molecule has 0 saturated heterocycles. The molecule has 0 aromatic heterocycles. The molecule has 0 radical (unpaired) electrons. The van der Waals surface area contributed by atoms with Crippen molar-refractivity contribution >= 4 is 6.29 Å². The van der Waals surface area contributed by atoms with E-state index in [1.807, 2.05) is 18.2 Å². The van der Waals surface area contributed by atoms with Crippen LogP contribution in [0, 0.1) is 0 Å². The fraction of sp³-hybridized carbons (Fsp3) is 0.562. The lowest BCUT2D eigenvalue weighted by molar-refractivity contribution is 0.112. The lowest BCUT2D eigenvalue weighted by Gasteiger charge is -2.16. The molecule has 0 unspecified atom stereocenters. The molecule has 0 aliphatic heterocycles. The Morgan fingerprint density at radius 1 is 1.33 bits per heavy atom. The van der Waals surface area contributed by atoms with Crippen LogP contribution in [0.1, 0.15) is 67.3 Å². The first-order chi connectivity index (χ1) is 8.85. The standard InChI is InChI=1S/C16H22O2/c1-2-3-10-18-16-9-8-13(12-17)11-15(16)14-6-4-5-7-14/h8-9,11-12,14H,2-7,10H2,1H3. The highest BCUT2D eigenvalue weighted by Gasteiger charge is 2.21. The Balaban J connectivity index is 2.17. The molecule has 2 rings (SSSR count). The van der Waals surface area contributed by atoms with E-state index in [0.717, 1.165) is 37.0 Å². The Morgan fingerprint density at radius 2 is 2.11 bits per heavy atom. The normalized spacial score (nSPS) is 15.8. The molecule has 0 spiro atoms. The molecule has 2 nitrogen and oxygen atoms in total. The third-order valence-corrected chi connectivity index (χ3v) is 3.72. The summed E-state index contributed by atoms with van der Waals surface area (Å²) in [6.45, 7) is 2.94. The van der Waals surface area contributed by atoms with Crippen LogP contribution in [-0.2, 0) is 0 Å². The summed E-state index contributed by atoms with van der Waals surface area (Å²) in [5, 5.41) is 0. The molecule has 1 aliphatic rings. The predicted molar refractivity (Wildman–Crippen MR) is 73.4 cm³/mol. The zero-order valence-corrected chi connectivity index (χ0v) is 11.2. The number of hydrogen-bond acceptors (Lipinski definition) is 2. The third-order valence-electron chi connectivity index (χ3n) is 3.72. The first-order valence-electron chi connectivity index (χ1n) is 7.07. The summed E-state index contributed by atoms with van der Waals surface area (Å²) in [4.78, 5) is 10.9. The maximum Gasteiger partial charge on any atom is 0.150 e. The van der Waals surface area contributed by atoms with Gasteiger partial charge in [-0.2, -0.15) is 0 Å². The van der Waals surface area contributed by atoms with Crippen LogP contribution < -0.4 is 4.74 Å². The Bertz CT molecular complexity index is 392. The largest absolute Gasteiger partial charge is 0.493 e. The molecule has 0 heterocycles. The minimum Gasteiger partial charge on any atom is -0.493 e. The lowest BCUT2D eigenvalue weighted by atomic mass is 9.95. The van der Waals surface area contributed by atoms with Gasteiger partial charge in [0, 0.05) is 5.56 Å². The molecule has 2 heteroatoms. The number of unbranched alkanes of at least 4 members (excludes halogenated alkanes) is 1. The van der Waals surface area contributed by atoms with Gasteiger partial charge < -0.3 is 4.74 Å². The van der Waals surface area contributed by atoms with Gasteiger partial charge in [-0.1, -0.05) is 26.2 Å². The molecule has 1 saturated carbocycles. The van der Waals surface area contributed by atoms with Crippen molar-refractivity contribution in [2.75, 3.05) is 6.61 Å². The summed E-state index contributed by atoms with van der Waals surface area (Å²) >= 11 is 0. The van der Waals surface area contributed by atoms with E-state index >= 15 is 0 Å². The van der Waals surface area contributed by atoms with Gasteiger partial charge >= 0.3 is 0 Å². The van der Waals surface area contributed by atoms with Crippen molar-refractivity contribution in [3.8, 4) is 5.75 Å². The van der Waals surface area contributed by atoms with Gasteiger partial charge in [0.2, 0.25) is 0 Å². The van der Waals surface area contributed by atoms with Crippen LogP contribution in [-0.4, -0.2) is 12.9 Å². The maximum atomic E-state index is 10.9. The van der Waals surface area contributed by atoms with Crippen molar-refractivity contribution in [3.05, 3.63) is 29.3 Å². The van der Waals surface area contributed by atoms with Gasteiger partial charge in [0.1, 0.15) is 12.0 Å². The first kappa shape index (κ1) is 13.1. The van der Waals surface area contributed by atoms with Crippen molar-refractivity contribution in [1.29, 1.82) is 0 Å². The van der Waals surface area contributed by atoms with Crippen LogP contribution in [0.3, 0.4) is 0 Å². The fourth-order valence-electron chi connectivity index (χ4n) is 2.65. The van der Waals surface area contributed by atoms with Crippen molar-refractivity contribution in [3.63, 3.8) is 0 Å². The monoisotopic (exact) mass is 246 g/mol. The SMILES string of the molecule is CCCCOc1ccc(C=O)cc1C1CCCC1. The average Bonchev–Trinajstić information content (AvgIpc) is 2.93. The highest BCUT2D eigenvalue weighted by Crippen LogP contribution is 2.39. The molecular formula is C16H22O2. The second kappa shape index (κ2) is 6.58. The van der Waals surface area contributed by atoms with Crippen LogP contribution in [0.2, 0.25) is 0 Å². The number of carbonyl (C=O) groups is 1. The molecule has 18 heavy (non-hydrogen) atoms. The Hall–Kier alpha value is -1.31. The highest BCUT2D eigenvalue weighted by atomic mass is 16.5. The van der Waals surface area contributed by atoms with Crippen molar-refractivity contribution in [2.45, 2.75) is 51.4 Å². The van der Waals surface area contributed by atoms with Crippen molar-refractivity contribution in [2.24, 2.45) is 0 Å². The van der Waals surface area contributed by atoms with E-state index < -0.39 is 0 Å². The Morgan fingerprint density at radius 3 is 2.78 bits per heavy atom. The summed E-state index contributed by atoms with van der Waals surface area (Å²) in [5.74, 6) is 1.57. The van der Waals surface area contributed by atoms with Crippen LogP contribution in [0.5, 0.6) is 5.75 Å². The van der Waals surface area contributed by atoms with E-state index in [2.05, 4.69) is 6.92 Å². The number of aldehydes is 1. The van der Waals surface area contributed by atoms with Gasteiger partial charge in [-0.05, 0) is 48.9 Å². The van der Waals surface area contributed by atoms with Gasteiger partial charge in [-0.25, -0.2) is 0 Å². The van der Waals surface area contributed by atoms with Gasteiger partial charge in [0.15, 0.2) is 0 Å². The lowest BCUT2D eigenvalue weighted by Crippen LogP contribution is -2.03. The quantitative estimate of drug-likeness (QED) is 0.551. The molecule has 98 valence electrons. The van der Waals surface area contributed by atoms with Crippen LogP contribution >= 0.6 is 0 Å². The first-order valence-corrected chi connectivity index (χ1v) is 7.07. The summed E-state index contributed by atoms with van der Waals surface area (Å²) in [5.41, 5.74) is 2.01. The van der Waals surface area contributed by atoms with Crippen molar-refractivity contribution in [1.82, 2.24) is 0 Å². The fourth-order valence-corrected chi connectivity index (χ4v) is 2.65. The van der Waals surface area contributed by atoms with E-state index in [-0.39, 0.29) is 0 Å². The molecule has 1 aromatic carbocycles. The maximum absolute atomic E-state index is 10.9. The smallest absolute Gasteiger partial charge is 0.150 e. The van der Waals surface area contributed by atoms with Gasteiger partial charge in [-0.3, -0.25) is 4.79 Å². The minimum atomic E-state index is 0.585. The molecule has 1 aliphatic carbocycles. The molecular weight excluding hydrogens is 224 g/mol. The van der Waals surface area contributed by atoms with Crippen LogP contribution in [0.15, 0.2) is 18.2 Å². The molecule has 0 N–H and O–H groups in total. The average molecular weight is 246 g/mol. The molecule has 0 amide bonds. The molecule has 1 aromatic rings. The number of hydrogen-bond donors (Lipinski definition) is 0. The number of ether oxygens (including phenoxy) is 1. The van der Waals surface area contributed by atoms with Gasteiger partial charge in [-0.15, -0.1) is 0 Å². The predicted octanol–water partition coefficient (Wildman–Crippen LogP) is 4.34. The second-order valence-corrected chi connectivity index (χ2v) is 5.10. The molecule has 1 fully saturated rings. The third kappa shape index (κ3) is 3.12. The van der Waals surface area contributed by atoms with Gasteiger partial charge in [0.05, 0.1) is 6.61 Å². The van der Waals surface area contributed by atoms with E-state index in [4.69, 9.17) is 4.74 Å². The Labute approximate surface area is 109 Å². The van der Waals surface area contributed by atoms with Crippen LogP contribution in [0.4, 0.5) is 0 Å². The van der Waals surface area contributed by atoms with E-state index in [9.17, 15) is 4.79 Å². The van der Waals surface area contributed by atoms with E-state index in [0.29, 0.717) is 5.92 Å². The Kier molecular flexibility index (Phi) is 4.80. The van der Waals surface area contributed by atoms with Crippen molar-refractivity contribution < 1.29 is 9.53 Å². The molecule has 0 bridgehead atoms. The highest BCUT2D eigenvalue weighted by molar-refractivity contribution is 5.75. The zero-order chi connectivity index (χ0) is 12.8. The number of benzene rings is 1. The topological polar surface area (TPSA) is 26.3 Å². The number of rotatable bonds is 6. The van der Waals surface area contributed by atoms with Gasteiger partial charge in [0.25, 0.3) is 0 Å².